The van der Waals surface area contributed by atoms with Crippen LogP contribution < -0.4 is 30.1 Å². The molecule has 82 heavy (non-hydrogen) atoms. The number of hydrogen-bond acceptors (Lipinski definition) is 2. The number of nitrogens with zero attached hydrogens (tertiary/aromatic N) is 4. The quantitative estimate of drug-likeness (QED) is 0.0625. The number of imidazole rings is 1. The van der Waals surface area contributed by atoms with Gasteiger partial charge in [0, 0.05) is 23.0 Å². The van der Waals surface area contributed by atoms with E-state index < -0.39 is 26.2 Å². The van der Waals surface area contributed by atoms with Crippen LogP contribution in [0.15, 0.2) is 285 Å². The van der Waals surface area contributed by atoms with Crippen molar-refractivity contribution in [2.45, 2.75) is 26.2 Å². The summed E-state index contributed by atoms with van der Waals surface area (Å²) in [4.78, 5) is 4.92. The SMILES string of the molecule is [2H]c1c([2H])c([2H])c(-c2ccc3c(c2)-[n+]2[c-]n(-c4cccc(Oc5ccc6c7ccccc7n(-c7cc(C(C)(C)C)ccn7)c6c5)c4)c4cccc(c42)-c2ccccc2-c2ccc([Si](c4ccccc4)(c4ccccc4)c4ccccc4)cc2-3)c([2H])c1[2H]. The van der Waals surface area contributed by atoms with Gasteiger partial charge >= 0.3 is 0 Å². The van der Waals surface area contributed by atoms with Crippen molar-refractivity contribution in [1.82, 2.24) is 14.1 Å². The van der Waals surface area contributed by atoms with Crippen molar-refractivity contribution in [3.63, 3.8) is 0 Å². The Balaban J connectivity index is 0.957. The maximum Gasteiger partial charge on any atom is 0.269 e. The van der Waals surface area contributed by atoms with E-state index in [-0.39, 0.29) is 23.1 Å². The molecule has 0 N–H and O–H groups in total. The van der Waals surface area contributed by atoms with Gasteiger partial charge in [0.25, 0.3) is 6.33 Å². The first-order chi connectivity index (χ1) is 42.4. The molecule has 0 saturated carbocycles. The van der Waals surface area contributed by atoms with Crippen molar-refractivity contribution in [3.05, 3.63) is 297 Å². The third-order valence-corrected chi connectivity index (χ3v) is 21.1. The molecule has 3 aromatic heterocycles. The highest BCUT2D eigenvalue weighted by Crippen LogP contribution is 2.44. The second-order valence-corrected chi connectivity index (χ2v) is 25.9. The molecule has 1 aliphatic heterocycles. The van der Waals surface area contributed by atoms with E-state index in [1.165, 1.54) is 26.3 Å². The standard InChI is InChI=1S/C76H56N4OSi/c1-76(2,3)54-44-45-77-74(47-54)80-70-36-19-18-34-65(70)66-42-39-57(49-73(66)80)81-56-25-20-24-55(48-56)78-51-79-72-46-53(52-22-8-4-9-23-52)38-41-67(72)69-50-61(40-43-64(69)62-32-16-17-33-63(62)68-35-21-37-71(78)75(68)79)82(58-26-10-5-11-27-58,59-28-12-6-13-29-59)60-30-14-7-15-31-60/h4-50H,1-3H3/i4D,8D,9D,22D,23D. The highest BCUT2D eigenvalue weighted by Gasteiger charge is 2.42. The first-order valence-electron chi connectivity index (χ1n) is 30.3. The highest BCUT2D eigenvalue weighted by molar-refractivity contribution is 7.20. The smallest absolute Gasteiger partial charge is 0.269 e. The number of rotatable bonds is 9. The van der Waals surface area contributed by atoms with Crippen LogP contribution in [0.4, 0.5) is 0 Å². The number of fused-ring (bicyclic) bond motifs is 10. The minimum absolute atomic E-state index is 0.0711. The molecule has 11 aromatic carbocycles. The Kier molecular flexibility index (Phi) is 10.4. The molecule has 390 valence electrons. The average Bonchev–Trinajstić information content (AvgIpc) is 2.55. The maximum absolute atomic E-state index is 9.26. The van der Waals surface area contributed by atoms with Crippen LogP contribution in [0.1, 0.15) is 33.2 Å². The summed E-state index contributed by atoms with van der Waals surface area (Å²) in [6.45, 7) is 6.65. The summed E-state index contributed by atoms with van der Waals surface area (Å²) in [6.07, 6.45) is 5.77. The van der Waals surface area contributed by atoms with Crippen LogP contribution in [0.5, 0.6) is 11.5 Å². The molecule has 0 bridgehead atoms. The lowest BCUT2D eigenvalue weighted by molar-refractivity contribution is -0.571. The number of pyridine rings is 1. The molecule has 0 radical (unpaired) electrons. The lowest BCUT2D eigenvalue weighted by Crippen LogP contribution is -2.74. The van der Waals surface area contributed by atoms with Gasteiger partial charge < -0.3 is 4.74 Å². The monoisotopic (exact) mass is 1070 g/mol. The van der Waals surface area contributed by atoms with Crippen LogP contribution in [0.2, 0.25) is 0 Å². The van der Waals surface area contributed by atoms with Crippen LogP contribution in [-0.4, -0.2) is 22.2 Å². The average molecular weight is 1070 g/mol. The molecule has 0 amide bonds. The van der Waals surface area contributed by atoms with Crippen molar-refractivity contribution in [1.29, 1.82) is 0 Å². The maximum atomic E-state index is 9.26. The van der Waals surface area contributed by atoms with Gasteiger partial charge in [-0.1, -0.05) is 239 Å². The predicted octanol–water partition coefficient (Wildman–Crippen LogP) is 15.6. The molecule has 0 atom stereocenters. The number of aromatic nitrogens is 4. The van der Waals surface area contributed by atoms with E-state index in [9.17, 15) is 2.74 Å². The van der Waals surface area contributed by atoms with Crippen LogP contribution in [-0.2, 0) is 5.41 Å². The molecule has 0 spiro atoms. The molecular formula is C76H56N4OSi. The minimum Gasteiger partial charge on any atom is -0.458 e. The Bertz CT molecular complexity index is 4950. The van der Waals surface area contributed by atoms with Gasteiger partial charge in [-0.25, -0.2) is 4.98 Å². The van der Waals surface area contributed by atoms with E-state index in [2.05, 4.69) is 253 Å². The van der Waals surface area contributed by atoms with Gasteiger partial charge in [-0.2, -0.15) is 0 Å². The van der Waals surface area contributed by atoms with Gasteiger partial charge in [-0.3, -0.25) is 13.7 Å². The van der Waals surface area contributed by atoms with Gasteiger partial charge in [0.05, 0.1) is 40.3 Å². The predicted molar refractivity (Wildman–Crippen MR) is 340 cm³/mol. The summed E-state index contributed by atoms with van der Waals surface area (Å²) in [6, 6.07) is 85.9. The van der Waals surface area contributed by atoms with E-state index in [0.717, 1.165) is 77.7 Å². The fraction of sp³-hybridized carbons (Fsp3) is 0.0526. The van der Waals surface area contributed by atoms with Crippen molar-refractivity contribution in [2.75, 3.05) is 0 Å². The molecule has 5 nitrogen and oxygen atoms in total. The molecule has 0 saturated heterocycles. The Morgan fingerprint density at radius 1 is 0.463 bits per heavy atom. The Morgan fingerprint density at radius 2 is 1.07 bits per heavy atom. The topological polar surface area (TPSA) is 35.9 Å². The van der Waals surface area contributed by atoms with Crippen molar-refractivity contribution in [2.24, 2.45) is 0 Å². The first kappa shape index (κ1) is 43.7. The van der Waals surface area contributed by atoms with Gasteiger partial charge in [-0.15, -0.1) is 0 Å². The molecule has 0 unspecified atom stereocenters. The summed E-state index contributed by atoms with van der Waals surface area (Å²) < 4.78 is 58.0. The summed E-state index contributed by atoms with van der Waals surface area (Å²) in [5.74, 6) is 2.13. The third-order valence-electron chi connectivity index (χ3n) is 16.4. The van der Waals surface area contributed by atoms with E-state index in [1.807, 2.05) is 42.6 Å². The second kappa shape index (κ2) is 19.6. The summed E-state index contributed by atoms with van der Waals surface area (Å²) in [5.41, 5.74) is 12.9. The molecular weight excluding hydrogens is 1010 g/mol. The zero-order valence-corrected chi connectivity index (χ0v) is 46.4. The van der Waals surface area contributed by atoms with Crippen molar-refractivity contribution >= 4 is 61.7 Å². The number of para-hydroxylation sites is 2. The van der Waals surface area contributed by atoms with E-state index in [1.54, 1.807) is 0 Å². The van der Waals surface area contributed by atoms with Crippen LogP contribution >= 0.6 is 0 Å². The molecule has 4 heterocycles. The molecule has 0 aliphatic carbocycles. The third kappa shape index (κ3) is 8.05. The zero-order valence-electron chi connectivity index (χ0n) is 50.4. The summed E-state index contributed by atoms with van der Waals surface area (Å²) >= 11 is 0. The lowest BCUT2D eigenvalue weighted by Gasteiger charge is -2.35. The Hall–Kier alpha value is -10.1. The molecule has 1 aliphatic rings. The number of benzene rings is 11. The van der Waals surface area contributed by atoms with Crippen LogP contribution in [0.3, 0.4) is 0 Å². The molecule has 14 aromatic rings. The van der Waals surface area contributed by atoms with E-state index in [4.69, 9.17) is 13.8 Å². The summed E-state index contributed by atoms with van der Waals surface area (Å²) in [5, 5.41) is 7.13. The van der Waals surface area contributed by atoms with Gasteiger partial charge in [0.15, 0.2) is 8.07 Å². The second-order valence-electron chi connectivity index (χ2n) is 22.1. The molecule has 0 fully saturated rings. The van der Waals surface area contributed by atoms with E-state index >= 15 is 0 Å². The normalized spacial score (nSPS) is 12.9. The molecule has 15 rings (SSSR count). The Labute approximate surface area is 486 Å². The minimum atomic E-state index is -3.09. The van der Waals surface area contributed by atoms with Crippen LogP contribution in [0.25, 0.3) is 94.5 Å². The van der Waals surface area contributed by atoms with Gasteiger partial charge in [0.1, 0.15) is 17.3 Å². The number of hydrogen-bond donors (Lipinski definition) is 0. The van der Waals surface area contributed by atoms with Gasteiger partial charge in [-0.05, 0) is 131 Å². The summed E-state index contributed by atoms with van der Waals surface area (Å²) in [7, 11) is -3.09. The van der Waals surface area contributed by atoms with Crippen molar-refractivity contribution < 1.29 is 16.2 Å². The highest BCUT2D eigenvalue weighted by atomic mass is 28.3. The Morgan fingerprint density at radius 3 is 1.80 bits per heavy atom. The van der Waals surface area contributed by atoms with Crippen molar-refractivity contribution in [3.8, 4) is 73.2 Å². The zero-order chi connectivity index (χ0) is 59.3. The molecule has 6 heteroatoms. The largest absolute Gasteiger partial charge is 0.458 e. The van der Waals surface area contributed by atoms with Crippen LogP contribution in [0, 0.1) is 6.33 Å². The van der Waals surface area contributed by atoms with E-state index in [0.29, 0.717) is 22.7 Å². The lowest BCUT2D eigenvalue weighted by atomic mass is 9.88. The number of ether oxygens (including phenoxy) is 1. The fourth-order valence-corrected chi connectivity index (χ4v) is 17.3. The first-order valence-corrected chi connectivity index (χ1v) is 29.8. The van der Waals surface area contributed by atoms with Gasteiger partial charge in [0.2, 0.25) is 0 Å². The fourth-order valence-electron chi connectivity index (χ4n) is 12.6.